The molecular formula is C28H27N3O5S2. The zero-order valence-corrected chi connectivity index (χ0v) is 22.4. The predicted molar refractivity (Wildman–Crippen MR) is 147 cm³/mol. The maximum absolute atomic E-state index is 12.9. The fourth-order valence-electron chi connectivity index (χ4n) is 4.08. The molecule has 196 valence electrons. The van der Waals surface area contributed by atoms with Crippen molar-refractivity contribution in [3.63, 3.8) is 0 Å². The van der Waals surface area contributed by atoms with Gasteiger partial charge in [-0.2, -0.15) is 4.31 Å². The molecule has 4 aromatic rings. The molecule has 1 aliphatic rings. The first kappa shape index (κ1) is 26.1. The van der Waals surface area contributed by atoms with Gasteiger partial charge in [-0.15, -0.1) is 11.3 Å². The number of carbonyl (C=O) groups excluding carboxylic acids is 1. The largest absolute Gasteiger partial charge is 0.457 e. The Bertz CT molecular complexity index is 1480. The number of carbonyl (C=O) groups is 1. The summed E-state index contributed by atoms with van der Waals surface area (Å²) < 4.78 is 38.5. The Morgan fingerprint density at radius 1 is 1.05 bits per heavy atom. The molecule has 1 amide bonds. The van der Waals surface area contributed by atoms with Crippen molar-refractivity contribution in [3.8, 4) is 22.8 Å². The van der Waals surface area contributed by atoms with Gasteiger partial charge in [0.25, 0.3) is 5.91 Å². The van der Waals surface area contributed by atoms with E-state index >= 15 is 0 Å². The minimum absolute atomic E-state index is 0.0800. The molecule has 38 heavy (non-hydrogen) atoms. The van der Waals surface area contributed by atoms with Crippen LogP contribution in [0.5, 0.6) is 11.5 Å². The number of para-hydroxylation sites is 1. The van der Waals surface area contributed by atoms with Crippen molar-refractivity contribution >= 4 is 32.4 Å². The van der Waals surface area contributed by atoms with E-state index in [4.69, 9.17) is 9.47 Å². The lowest BCUT2D eigenvalue weighted by Crippen LogP contribution is -2.34. The molecule has 0 aliphatic carbocycles. The second-order valence-electron chi connectivity index (χ2n) is 8.88. The van der Waals surface area contributed by atoms with Crippen LogP contribution >= 0.6 is 11.3 Å². The lowest BCUT2D eigenvalue weighted by atomic mass is 10.2. The van der Waals surface area contributed by atoms with Gasteiger partial charge in [-0.3, -0.25) is 10.1 Å². The zero-order valence-electron chi connectivity index (χ0n) is 20.7. The van der Waals surface area contributed by atoms with Crippen LogP contribution in [0.15, 0.2) is 89.1 Å². The maximum Gasteiger partial charge on any atom is 0.257 e. The Morgan fingerprint density at radius 2 is 1.76 bits per heavy atom. The number of hydrogen-bond acceptors (Lipinski definition) is 7. The topological polar surface area (TPSA) is 97.8 Å². The molecule has 0 radical (unpaired) electrons. The van der Waals surface area contributed by atoms with Gasteiger partial charge in [0.15, 0.2) is 5.13 Å². The van der Waals surface area contributed by atoms with Gasteiger partial charge in [0, 0.05) is 36.7 Å². The molecule has 1 aliphatic heterocycles. The summed E-state index contributed by atoms with van der Waals surface area (Å²) in [5.41, 5.74) is 1.96. The molecule has 1 unspecified atom stereocenters. The van der Waals surface area contributed by atoms with E-state index in [-0.39, 0.29) is 16.9 Å². The summed E-state index contributed by atoms with van der Waals surface area (Å²) in [6.07, 6.45) is 1.72. The van der Waals surface area contributed by atoms with Gasteiger partial charge in [0.2, 0.25) is 10.0 Å². The number of aromatic nitrogens is 1. The number of hydrogen-bond donors (Lipinski definition) is 1. The number of nitrogens with zero attached hydrogens (tertiary/aromatic N) is 2. The van der Waals surface area contributed by atoms with Crippen molar-refractivity contribution in [2.24, 2.45) is 0 Å². The molecule has 10 heteroatoms. The van der Waals surface area contributed by atoms with Crippen LogP contribution in [0.2, 0.25) is 0 Å². The smallest absolute Gasteiger partial charge is 0.257 e. The van der Waals surface area contributed by atoms with E-state index < -0.39 is 10.0 Å². The summed E-state index contributed by atoms with van der Waals surface area (Å²) >= 11 is 1.31. The molecule has 1 saturated heterocycles. The molecule has 0 bridgehead atoms. The van der Waals surface area contributed by atoms with E-state index in [1.54, 1.807) is 7.05 Å². The maximum atomic E-state index is 12.9. The first-order chi connectivity index (χ1) is 18.4. The summed E-state index contributed by atoms with van der Waals surface area (Å²) in [5, 5.41) is 5.10. The van der Waals surface area contributed by atoms with Crippen molar-refractivity contribution in [2.75, 3.05) is 25.5 Å². The van der Waals surface area contributed by atoms with Gasteiger partial charge in [0.1, 0.15) is 11.5 Å². The Morgan fingerprint density at radius 3 is 2.45 bits per heavy atom. The standard InChI is InChI=1S/C28H27N3O5S2/c1-31(18-24-8-5-17-35-24)38(33,34)25-15-11-21(12-16-25)27(32)30-28-29-26(19-37-28)20-9-13-23(14-10-20)36-22-6-3-2-4-7-22/h2-4,6-7,9-16,19,24H,5,8,17-18H2,1H3,(H,29,30,32). The quantitative estimate of drug-likeness (QED) is 0.290. The van der Waals surface area contributed by atoms with Crippen LogP contribution < -0.4 is 10.1 Å². The van der Waals surface area contributed by atoms with Crippen LogP contribution in [-0.4, -0.2) is 49.9 Å². The van der Waals surface area contributed by atoms with Gasteiger partial charge >= 0.3 is 0 Å². The minimum atomic E-state index is -3.67. The Labute approximate surface area is 225 Å². The Hall–Kier alpha value is -3.57. The number of amides is 1. The molecule has 5 rings (SSSR count). The van der Waals surface area contributed by atoms with Crippen molar-refractivity contribution in [3.05, 3.63) is 89.8 Å². The van der Waals surface area contributed by atoms with Gasteiger partial charge in [-0.25, -0.2) is 13.4 Å². The normalized spacial score (nSPS) is 15.5. The van der Waals surface area contributed by atoms with Crippen LogP contribution in [0.1, 0.15) is 23.2 Å². The number of anilines is 1. The number of likely N-dealkylation sites (N-methyl/N-ethyl adjacent to an activating group) is 1. The van der Waals surface area contributed by atoms with Crippen LogP contribution in [-0.2, 0) is 14.8 Å². The average Bonchev–Trinajstić information content (AvgIpc) is 3.62. The first-order valence-corrected chi connectivity index (χ1v) is 14.5. The Kier molecular flexibility index (Phi) is 7.85. The van der Waals surface area contributed by atoms with Crippen LogP contribution in [0.3, 0.4) is 0 Å². The fourth-order valence-corrected chi connectivity index (χ4v) is 6.00. The third-order valence-corrected chi connectivity index (χ3v) is 8.76. The second kappa shape index (κ2) is 11.4. The van der Waals surface area contributed by atoms with Crippen LogP contribution in [0.4, 0.5) is 5.13 Å². The molecule has 1 N–H and O–H groups in total. The fraction of sp³-hybridized carbons (Fsp3) is 0.214. The summed E-state index contributed by atoms with van der Waals surface area (Å²) in [7, 11) is -2.13. The Balaban J connectivity index is 1.20. The number of thiazole rings is 1. The highest BCUT2D eigenvalue weighted by Gasteiger charge is 2.26. The predicted octanol–water partition coefficient (Wildman–Crippen LogP) is 5.65. The molecular weight excluding hydrogens is 522 g/mol. The first-order valence-electron chi connectivity index (χ1n) is 12.2. The molecule has 1 fully saturated rings. The van der Waals surface area contributed by atoms with E-state index in [1.165, 1.54) is 39.9 Å². The highest BCUT2D eigenvalue weighted by molar-refractivity contribution is 7.89. The molecule has 2 heterocycles. The van der Waals surface area contributed by atoms with E-state index in [0.29, 0.717) is 29.6 Å². The molecule has 0 spiro atoms. The lowest BCUT2D eigenvalue weighted by molar-refractivity contribution is 0.0979. The third-order valence-electron chi connectivity index (χ3n) is 6.16. The van der Waals surface area contributed by atoms with Crippen molar-refractivity contribution in [1.29, 1.82) is 0 Å². The van der Waals surface area contributed by atoms with Crippen molar-refractivity contribution in [1.82, 2.24) is 9.29 Å². The monoisotopic (exact) mass is 549 g/mol. The molecule has 0 saturated carbocycles. The van der Waals surface area contributed by atoms with E-state index in [0.717, 1.165) is 29.8 Å². The number of benzene rings is 3. The molecule has 3 aromatic carbocycles. The van der Waals surface area contributed by atoms with Gasteiger partial charge in [0.05, 0.1) is 16.7 Å². The number of sulfonamides is 1. The summed E-state index contributed by atoms with van der Waals surface area (Å²) in [4.78, 5) is 17.4. The summed E-state index contributed by atoms with van der Waals surface area (Å²) in [5.74, 6) is 1.11. The van der Waals surface area contributed by atoms with Gasteiger partial charge < -0.3 is 9.47 Å². The summed E-state index contributed by atoms with van der Waals surface area (Å²) in [6.45, 7) is 0.971. The second-order valence-corrected chi connectivity index (χ2v) is 11.8. The van der Waals surface area contributed by atoms with Gasteiger partial charge in [-0.1, -0.05) is 18.2 Å². The third kappa shape index (κ3) is 6.11. The number of nitrogens with one attached hydrogen (secondary N) is 1. The van der Waals surface area contributed by atoms with Crippen molar-refractivity contribution < 1.29 is 22.7 Å². The minimum Gasteiger partial charge on any atom is -0.457 e. The van der Waals surface area contributed by atoms with E-state index in [1.807, 2.05) is 60.0 Å². The van der Waals surface area contributed by atoms with Crippen LogP contribution in [0, 0.1) is 0 Å². The lowest BCUT2D eigenvalue weighted by Gasteiger charge is -2.20. The highest BCUT2D eigenvalue weighted by atomic mass is 32.2. The molecule has 1 atom stereocenters. The highest BCUT2D eigenvalue weighted by Crippen LogP contribution is 2.28. The molecule has 8 nitrogen and oxygen atoms in total. The average molecular weight is 550 g/mol. The van der Waals surface area contributed by atoms with E-state index in [9.17, 15) is 13.2 Å². The van der Waals surface area contributed by atoms with Crippen molar-refractivity contribution in [2.45, 2.75) is 23.8 Å². The summed E-state index contributed by atoms with van der Waals surface area (Å²) in [6, 6.07) is 23.0. The SMILES string of the molecule is CN(CC1CCCO1)S(=O)(=O)c1ccc(C(=O)Nc2nc(-c3ccc(Oc4ccccc4)cc3)cs2)cc1. The van der Waals surface area contributed by atoms with Crippen LogP contribution in [0.25, 0.3) is 11.3 Å². The van der Waals surface area contributed by atoms with E-state index in [2.05, 4.69) is 10.3 Å². The number of rotatable bonds is 9. The number of ether oxygens (including phenoxy) is 2. The molecule has 1 aromatic heterocycles. The zero-order chi connectivity index (χ0) is 26.5. The van der Waals surface area contributed by atoms with Gasteiger partial charge in [-0.05, 0) is 73.5 Å².